The van der Waals surface area contributed by atoms with Gasteiger partial charge in [-0.2, -0.15) is 0 Å². The number of carbonyl (C=O) groups excluding carboxylic acids is 2. The van der Waals surface area contributed by atoms with Crippen LogP contribution < -0.4 is 5.32 Å². The Kier molecular flexibility index (Phi) is 51.6. The van der Waals surface area contributed by atoms with Gasteiger partial charge in [-0.15, -0.1) is 0 Å². The molecule has 2 N–H and O–H groups in total. The molecule has 0 bridgehead atoms. The molecule has 0 fully saturated rings. The fraction of sp³-hybridized carbons (Fsp3) is 0.692. The van der Waals surface area contributed by atoms with Crippen LogP contribution in [0.15, 0.2) is 109 Å². The average molecular weight is 1070 g/mol. The number of unbranched alkanes of at least 4 members (excludes halogenated alkanes) is 23. The van der Waals surface area contributed by atoms with Crippen molar-refractivity contribution in [1.82, 2.24) is 5.32 Å². The predicted octanol–water partition coefficient (Wildman–Crippen LogP) is 18.6. The molecule has 0 aromatic heterocycles. The number of nitrogens with zero attached hydrogens (tertiary/aromatic N) is 1. The molecule has 9 nitrogen and oxygen atoms in total. The molecule has 0 saturated carbocycles. The summed E-state index contributed by atoms with van der Waals surface area (Å²) in [6.45, 7) is 6.72. The van der Waals surface area contributed by atoms with E-state index >= 15 is 0 Å². The van der Waals surface area contributed by atoms with Crippen molar-refractivity contribution < 1.29 is 37.3 Å². The van der Waals surface area contributed by atoms with Gasteiger partial charge < -0.3 is 19.4 Å². The van der Waals surface area contributed by atoms with Gasteiger partial charge in [0.05, 0.1) is 33.8 Å². The maximum absolute atomic E-state index is 13.5. The van der Waals surface area contributed by atoms with Crippen molar-refractivity contribution in [2.24, 2.45) is 0 Å². The number of esters is 1. The monoisotopic (exact) mass is 1070 g/mol. The molecule has 3 unspecified atom stereocenters. The molecule has 0 aromatic rings. The van der Waals surface area contributed by atoms with Crippen molar-refractivity contribution in [2.45, 2.75) is 251 Å². The first-order valence-corrected chi connectivity index (χ1v) is 31.7. The molecule has 0 aliphatic heterocycles. The lowest BCUT2D eigenvalue weighted by Crippen LogP contribution is -2.47. The molecule has 1 amide bonds. The summed E-state index contributed by atoms with van der Waals surface area (Å²) in [5, 5.41) is 3.04. The van der Waals surface area contributed by atoms with E-state index in [1.807, 2.05) is 33.3 Å². The highest BCUT2D eigenvalue weighted by Crippen LogP contribution is 2.43. The third kappa shape index (κ3) is 55.2. The maximum Gasteiger partial charge on any atom is 0.472 e. The number of allylic oxidation sites excluding steroid dienone is 17. The second-order valence-corrected chi connectivity index (χ2v) is 22.6. The van der Waals surface area contributed by atoms with E-state index in [-0.39, 0.29) is 31.5 Å². The molecule has 3 atom stereocenters. The number of hydrogen-bond donors (Lipinski definition) is 2. The van der Waals surface area contributed by atoms with Gasteiger partial charge in [0, 0.05) is 12.8 Å². The largest absolute Gasteiger partial charge is 0.472 e. The molecule has 0 aliphatic rings. The first-order chi connectivity index (χ1) is 36.4. The zero-order valence-electron chi connectivity index (χ0n) is 49.0. The second-order valence-electron chi connectivity index (χ2n) is 21.2. The van der Waals surface area contributed by atoms with Crippen LogP contribution in [0.2, 0.25) is 0 Å². The summed E-state index contributed by atoms with van der Waals surface area (Å²) in [5.41, 5.74) is 0. The minimum atomic E-state index is -4.46. The normalized spacial score (nSPS) is 14.5. The van der Waals surface area contributed by atoms with Crippen LogP contribution in [0, 0.1) is 0 Å². The highest BCUT2D eigenvalue weighted by atomic mass is 31.2. The SMILES string of the molecule is CC/C=C\C/C=C\C/C=C\C/C=C\C/C=C\CCCCCCCCCCCC(=O)NC(COP(=O)(O)OCC[N+](C)(C)C)C(/C=C\CCCCCCCCCCC)OC(=O)CCCCCCC\C=C/C=C/C=C/CC. The number of carbonyl (C=O) groups is 2. The maximum atomic E-state index is 13.5. The summed E-state index contributed by atoms with van der Waals surface area (Å²) in [4.78, 5) is 37.6. The number of ether oxygens (including phenoxy) is 1. The Morgan fingerprint density at radius 1 is 0.493 bits per heavy atom. The van der Waals surface area contributed by atoms with Crippen molar-refractivity contribution in [2.75, 3.05) is 40.9 Å². The van der Waals surface area contributed by atoms with E-state index in [9.17, 15) is 19.0 Å². The Morgan fingerprint density at radius 2 is 0.920 bits per heavy atom. The fourth-order valence-electron chi connectivity index (χ4n) is 8.14. The average Bonchev–Trinajstić information content (AvgIpc) is 3.37. The van der Waals surface area contributed by atoms with Gasteiger partial charge >= 0.3 is 13.8 Å². The zero-order valence-corrected chi connectivity index (χ0v) is 49.9. The molecule has 0 radical (unpaired) electrons. The molecule has 0 aliphatic carbocycles. The molecule has 0 aromatic carbocycles. The number of likely N-dealkylation sites (N-methyl/N-ethyl adjacent to an activating group) is 1. The summed E-state index contributed by atoms with van der Waals surface area (Å²) >= 11 is 0. The Labute approximate surface area is 461 Å². The lowest BCUT2D eigenvalue weighted by molar-refractivity contribution is -0.870. The van der Waals surface area contributed by atoms with Crippen LogP contribution in [0.25, 0.3) is 0 Å². The number of phosphoric acid groups is 1. The smallest absolute Gasteiger partial charge is 0.456 e. The second kappa shape index (κ2) is 54.0. The number of hydrogen-bond acceptors (Lipinski definition) is 6. The van der Waals surface area contributed by atoms with Gasteiger partial charge in [-0.3, -0.25) is 18.6 Å². The molecule has 75 heavy (non-hydrogen) atoms. The van der Waals surface area contributed by atoms with Gasteiger partial charge in [0.25, 0.3) is 0 Å². The molecular weight excluding hydrogens is 952 g/mol. The summed E-state index contributed by atoms with van der Waals surface area (Å²) in [7, 11) is 1.46. The van der Waals surface area contributed by atoms with E-state index in [0.29, 0.717) is 23.9 Å². The van der Waals surface area contributed by atoms with Gasteiger partial charge in [0.2, 0.25) is 5.91 Å². The van der Waals surface area contributed by atoms with Gasteiger partial charge in [0.15, 0.2) is 0 Å². The van der Waals surface area contributed by atoms with E-state index in [1.165, 1.54) is 77.0 Å². The van der Waals surface area contributed by atoms with Crippen LogP contribution in [0.4, 0.5) is 0 Å². The van der Waals surface area contributed by atoms with Gasteiger partial charge in [-0.25, -0.2) is 4.57 Å². The number of quaternary nitrogens is 1. The van der Waals surface area contributed by atoms with Crippen LogP contribution in [0.3, 0.4) is 0 Å². The van der Waals surface area contributed by atoms with Crippen LogP contribution in [0.1, 0.15) is 239 Å². The zero-order chi connectivity index (χ0) is 55.0. The minimum Gasteiger partial charge on any atom is -0.456 e. The van der Waals surface area contributed by atoms with E-state index in [4.69, 9.17) is 13.8 Å². The first kappa shape index (κ1) is 71.7. The number of phosphoric ester groups is 1. The van der Waals surface area contributed by atoms with Crippen LogP contribution in [-0.2, 0) is 27.9 Å². The Bertz CT molecular complexity index is 1650. The van der Waals surface area contributed by atoms with Crippen molar-refractivity contribution in [3.8, 4) is 0 Å². The molecule has 0 saturated heterocycles. The molecule has 0 rings (SSSR count). The van der Waals surface area contributed by atoms with Crippen LogP contribution >= 0.6 is 7.82 Å². The molecule has 10 heteroatoms. The van der Waals surface area contributed by atoms with Crippen molar-refractivity contribution >= 4 is 19.7 Å². The van der Waals surface area contributed by atoms with Crippen molar-refractivity contribution in [3.05, 3.63) is 109 Å². The molecule has 0 spiro atoms. The summed E-state index contributed by atoms with van der Waals surface area (Å²) < 4.78 is 30.6. The third-order valence-electron chi connectivity index (χ3n) is 12.8. The predicted molar refractivity (Wildman–Crippen MR) is 323 cm³/mol. The third-order valence-corrected chi connectivity index (χ3v) is 13.8. The number of nitrogens with one attached hydrogen (secondary N) is 1. The lowest BCUT2D eigenvalue weighted by atomic mass is 10.0. The van der Waals surface area contributed by atoms with Gasteiger partial charge in [-0.1, -0.05) is 240 Å². The fourth-order valence-corrected chi connectivity index (χ4v) is 8.88. The molecular formula is C65H114N2O7P+. The standard InChI is InChI=1S/C65H113N2O7P/c1-7-10-13-16-19-22-25-27-28-29-30-31-32-33-34-35-36-37-38-40-42-45-48-51-54-57-64(68)66-62(61-73-75(70,71)72-60-59-67(4,5)6)63(56-53-50-47-44-41-24-21-18-15-12-9-3)74-65(69)58-55-52-49-46-43-39-26-23-20-17-14-11-8-2/h10-11,13-14,17,19-20,22-23,26-28,30-31,33-34,53,56,62-63H,7-9,12,15-16,18,21,24-25,29,32,35-52,54-55,57-61H2,1-6H3,(H-,66,68,70,71)/p+1/b13-10-,14-11+,20-17+,22-19-,26-23-,28-27-,31-30-,34-33-,56-53-. The molecule has 0 heterocycles. The van der Waals surface area contributed by atoms with Gasteiger partial charge in [0.1, 0.15) is 19.3 Å². The summed E-state index contributed by atoms with van der Waals surface area (Å²) in [5.74, 6) is -0.544. The Hall–Kier alpha value is -3.33. The first-order valence-electron chi connectivity index (χ1n) is 30.2. The Balaban J connectivity index is 5.16. The molecule has 430 valence electrons. The highest BCUT2D eigenvalue weighted by molar-refractivity contribution is 7.47. The summed E-state index contributed by atoms with van der Waals surface area (Å²) in [6, 6.07) is -0.866. The summed E-state index contributed by atoms with van der Waals surface area (Å²) in [6.07, 6.45) is 73.8. The number of rotatable bonds is 53. The lowest BCUT2D eigenvalue weighted by Gasteiger charge is -2.27. The topological polar surface area (TPSA) is 111 Å². The van der Waals surface area contributed by atoms with Crippen molar-refractivity contribution in [3.63, 3.8) is 0 Å². The van der Waals surface area contributed by atoms with Crippen LogP contribution in [-0.4, -0.2) is 74.3 Å². The van der Waals surface area contributed by atoms with Gasteiger partial charge in [-0.05, 0) is 96.0 Å². The van der Waals surface area contributed by atoms with E-state index in [2.05, 4.69) is 123 Å². The van der Waals surface area contributed by atoms with E-state index in [0.717, 1.165) is 122 Å². The quantitative estimate of drug-likeness (QED) is 0.0156. The van der Waals surface area contributed by atoms with Crippen LogP contribution in [0.5, 0.6) is 0 Å². The van der Waals surface area contributed by atoms with E-state index in [1.54, 1.807) is 0 Å². The highest BCUT2D eigenvalue weighted by Gasteiger charge is 2.30. The van der Waals surface area contributed by atoms with E-state index < -0.39 is 20.0 Å². The number of amides is 1. The van der Waals surface area contributed by atoms with Crippen molar-refractivity contribution in [1.29, 1.82) is 0 Å². The Morgan fingerprint density at radius 3 is 1.43 bits per heavy atom. The minimum absolute atomic E-state index is 0.0299.